The molecule has 2 unspecified atom stereocenters. The Balaban J connectivity index is 1.80. The molecule has 1 saturated heterocycles. The Hall–Kier alpha value is -2.07. The predicted molar refractivity (Wildman–Crippen MR) is 107 cm³/mol. The smallest absolute Gasteiger partial charge is 0.167 e. The first-order valence-corrected chi connectivity index (χ1v) is 10.1. The second-order valence-electron chi connectivity index (χ2n) is 7.48. The van der Waals surface area contributed by atoms with E-state index in [0.717, 1.165) is 37.7 Å². The Kier molecular flexibility index (Phi) is 6.95. The largest absolute Gasteiger partial charge is 0.374 e. The van der Waals surface area contributed by atoms with Crippen molar-refractivity contribution in [3.8, 4) is 11.1 Å². The second kappa shape index (κ2) is 9.42. The molecule has 1 fully saturated rings. The van der Waals surface area contributed by atoms with Crippen molar-refractivity contribution in [3.63, 3.8) is 0 Å². The lowest BCUT2D eigenvalue weighted by Gasteiger charge is -2.27. The molecule has 3 rings (SSSR count). The normalized spacial score (nSPS) is 19.6. The molecule has 0 bridgehead atoms. The number of rotatable bonds is 7. The second-order valence-corrected chi connectivity index (χ2v) is 7.48. The molecule has 150 valence electrons. The summed E-state index contributed by atoms with van der Waals surface area (Å²) in [6.07, 6.45) is 6.84. The summed E-state index contributed by atoms with van der Waals surface area (Å²) in [6.45, 7) is 6.30. The molecule has 1 heterocycles. The van der Waals surface area contributed by atoms with E-state index in [1.165, 1.54) is 12.1 Å². The Labute approximate surface area is 165 Å². The van der Waals surface area contributed by atoms with Gasteiger partial charge < -0.3 is 4.74 Å². The van der Waals surface area contributed by atoms with Crippen molar-refractivity contribution < 1.29 is 17.9 Å². The number of hydrogen-bond acceptors (Lipinski definition) is 1. The lowest BCUT2D eigenvalue weighted by molar-refractivity contribution is 0.0328. The monoisotopic (exact) mass is 388 g/mol. The molecule has 1 nitrogen and oxygen atoms in total. The molecule has 0 saturated carbocycles. The minimum Gasteiger partial charge on any atom is -0.374 e. The fourth-order valence-corrected chi connectivity index (χ4v) is 3.78. The SMILES string of the molecule is C=CC1CCC(c2ccc(-c3ccc(CCCCC)c(F)c3F)c(F)c2)CO1. The third-order valence-corrected chi connectivity index (χ3v) is 5.54. The van der Waals surface area contributed by atoms with Crippen LogP contribution in [0.3, 0.4) is 0 Å². The van der Waals surface area contributed by atoms with E-state index in [-0.39, 0.29) is 23.1 Å². The standard InChI is InChI=1S/C24H27F3O/c1-3-5-6-7-16-9-13-21(24(27)23(16)26)20-12-10-17(14-22(20)25)18-8-11-19(4-2)28-15-18/h4,9-10,12-14,18-19H,2-3,5-8,11,15H2,1H3. The van der Waals surface area contributed by atoms with E-state index in [2.05, 4.69) is 13.5 Å². The van der Waals surface area contributed by atoms with Crippen LogP contribution in [0.2, 0.25) is 0 Å². The zero-order chi connectivity index (χ0) is 20.1. The van der Waals surface area contributed by atoms with Crippen LogP contribution in [-0.4, -0.2) is 12.7 Å². The molecule has 1 aliphatic rings. The first kappa shape index (κ1) is 20.7. The van der Waals surface area contributed by atoms with Crippen molar-refractivity contribution in [2.24, 2.45) is 0 Å². The number of aryl methyl sites for hydroxylation is 1. The van der Waals surface area contributed by atoms with Crippen LogP contribution in [0, 0.1) is 17.5 Å². The van der Waals surface area contributed by atoms with Gasteiger partial charge in [-0.1, -0.05) is 50.1 Å². The fourth-order valence-electron chi connectivity index (χ4n) is 3.78. The van der Waals surface area contributed by atoms with Crippen molar-refractivity contribution >= 4 is 0 Å². The van der Waals surface area contributed by atoms with Gasteiger partial charge in [0.25, 0.3) is 0 Å². The highest BCUT2D eigenvalue weighted by atomic mass is 19.2. The summed E-state index contributed by atoms with van der Waals surface area (Å²) < 4.78 is 49.5. The molecule has 2 atom stereocenters. The minimum atomic E-state index is -0.976. The van der Waals surface area contributed by atoms with Gasteiger partial charge in [-0.3, -0.25) is 0 Å². The molecule has 2 aromatic rings. The van der Waals surface area contributed by atoms with Gasteiger partial charge in [0.15, 0.2) is 11.6 Å². The van der Waals surface area contributed by atoms with Crippen LogP contribution < -0.4 is 0 Å². The fraction of sp³-hybridized carbons (Fsp3) is 0.417. The van der Waals surface area contributed by atoms with Crippen molar-refractivity contribution in [1.82, 2.24) is 0 Å². The minimum absolute atomic E-state index is 0.0348. The van der Waals surface area contributed by atoms with Crippen LogP contribution in [0.4, 0.5) is 13.2 Å². The lowest BCUT2D eigenvalue weighted by Crippen LogP contribution is -2.23. The quantitative estimate of drug-likeness (QED) is 0.368. The maximum Gasteiger partial charge on any atom is 0.167 e. The predicted octanol–water partition coefficient (Wildman–Crippen LogP) is 6.95. The molecule has 2 aromatic carbocycles. The molecule has 0 radical (unpaired) electrons. The molecule has 0 aliphatic carbocycles. The molecule has 28 heavy (non-hydrogen) atoms. The molecule has 0 N–H and O–H groups in total. The number of unbranched alkanes of at least 4 members (excludes halogenated alkanes) is 2. The van der Waals surface area contributed by atoms with E-state index in [1.54, 1.807) is 24.3 Å². The van der Waals surface area contributed by atoms with E-state index in [9.17, 15) is 13.2 Å². The van der Waals surface area contributed by atoms with Gasteiger partial charge in [0.1, 0.15) is 5.82 Å². The number of hydrogen-bond donors (Lipinski definition) is 0. The summed E-state index contributed by atoms with van der Waals surface area (Å²) in [5.74, 6) is -2.29. The maximum absolute atomic E-state index is 14.7. The van der Waals surface area contributed by atoms with Crippen molar-refractivity contribution in [2.45, 2.75) is 57.5 Å². The van der Waals surface area contributed by atoms with Crippen LogP contribution in [-0.2, 0) is 11.2 Å². The van der Waals surface area contributed by atoms with Gasteiger partial charge in [-0.05, 0) is 42.9 Å². The van der Waals surface area contributed by atoms with E-state index in [4.69, 9.17) is 4.74 Å². The summed E-state index contributed by atoms with van der Waals surface area (Å²) >= 11 is 0. The van der Waals surface area contributed by atoms with Crippen LogP contribution in [0.1, 0.15) is 56.1 Å². The van der Waals surface area contributed by atoms with Gasteiger partial charge in [0.05, 0.1) is 12.7 Å². The molecule has 1 aliphatic heterocycles. The highest BCUT2D eigenvalue weighted by Gasteiger charge is 2.23. The summed E-state index contributed by atoms with van der Waals surface area (Å²) in [5.41, 5.74) is 1.22. The average Bonchev–Trinajstić information content (AvgIpc) is 2.72. The van der Waals surface area contributed by atoms with E-state index in [0.29, 0.717) is 18.6 Å². The first-order chi connectivity index (χ1) is 13.5. The van der Waals surface area contributed by atoms with Gasteiger partial charge in [-0.2, -0.15) is 0 Å². The summed E-state index contributed by atoms with van der Waals surface area (Å²) in [5, 5.41) is 0. The molecule has 0 amide bonds. The Morgan fingerprint density at radius 1 is 1.04 bits per heavy atom. The Bertz CT molecular complexity index is 823. The highest BCUT2D eigenvalue weighted by molar-refractivity contribution is 5.66. The third kappa shape index (κ3) is 4.49. The number of benzene rings is 2. The van der Waals surface area contributed by atoms with Gasteiger partial charge in [0.2, 0.25) is 0 Å². The van der Waals surface area contributed by atoms with E-state index < -0.39 is 17.5 Å². The zero-order valence-electron chi connectivity index (χ0n) is 16.3. The van der Waals surface area contributed by atoms with Crippen LogP contribution in [0.25, 0.3) is 11.1 Å². The van der Waals surface area contributed by atoms with Gasteiger partial charge in [0, 0.05) is 17.0 Å². The van der Waals surface area contributed by atoms with Crippen LogP contribution in [0.15, 0.2) is 43.0 Å². The van der Waals surface area contributed by atoms with Crippen molar-refractivity contribution in [3.05, 3.63) is 71.6 Å². The summed E-state index contributed by atoms with van der Waals surface area (Å²) in [4.78, 5) is 0. The van der Waals surface area contributed by atoms with Crippen molar-refractivity contribution in [1.29, 1.82) is 0 Å². The van der Waals surface area contributed by atoms with E-state index >= 15 is 0 Å². The van der Waals surface area contributed by atoms with Gasteiger partial charge >= 0.3 is 0 Å². The topological polar surface area (TPSA) is 9.23 Å². The van der Waals surface area contributed by atoms with Gasteiger partial charge in [-0.15, -0.1) is 6.58 Å². The first-order valence-electron chi connectivity index (χ1n) is 10.1. The number of ether oxygens (including phenoxy) is 1. The Morgan fingerprint density at radius 2 is 1.82 bits per heavy atom. The van der Waals surface area contributed by atoms with E-state index in [1.807, 2.05) is 0 Å². The summed E-state index contributed by atoms with van der Waals surface area (Å²) in [6, 6.07) is 7.80. The molecular weight excluding hydrogens is 361 g/mol. The lowest BCUT2D eigenvalue weighted by atomic mass is 9.89. The average molecular weight is 388 g/mol. The Morgan fingerprint density at radius 3 is 2.46 bits per heavy atom. The highest BCUT2D eigenvalue weighted by Crippen LogP contribution is 2.33. The van der Waals surface area contributed by atoms with Crippen molar-refractivity contribution in [2.75, 3.05) is 6.61 Å². The molecular formula is C24H27F3O. The van der Waals surface area contributed by atoms with Crippen LogP contribution in [0.5, 0.6) is 0 Å². The van der Waals surface area contributed by atoms with Crippen LogP contribution >= 0.6 is 0 Å². The molecule has 4 heteroatoms. The third-order valence-electron chi connectivity index (χ3n) is 5.54. The number of halogens is 3. The van der Waals surface area contributed by atoms with Gasteiger partial charge in [-0.25, -0.2) is 13.2 Å². The molecule has 0 aromatic heterocycles. The summed E-state index contributed by atoms with van der Waals surface area (Å²) in [7, 11) is 0. The zero-order valence-corrected chi connectivity index (χ0v) is 16.3. The maximum atomic E-state index is 14.7. The molecule has 0 spiro atoms.